The number of hydrogen-bond acceptors (Lipinski definition) is 3. The van der Waals surface area contributed by atoms with E-state index in [0.717, 1.165) is 17.4 Å². The summed E-state index contributed by atoms with van der Waals surface area (Å²) in [5, 5.41) is -0.0799. The molecule has 0 spiro atoms. The van der Waals surface area contributed by atoms with E-state index >= 15 is 0 Å². The van der Waals surface area contributed by atoms with E-state index in [-0.39, 0.29) is 35.8 Å². The van der Waals surface area contributed by atoms with Gasteiger partial charge in [-0.15, -0.1) is 0 Å². The van der Waals surface area contributed by atoms with Crippen LogP contribution >= 0.6 is 11.6 Å². The summed E-state index contributed by atoms with van der Waals surface area (Å²) in [6.45, 7) is -0.0105. The molecule has 1 fully saturated rings. The first-order valence-electron chi connectivity index (χ1n) is 7.06. The zero-order chi connectivity index (χ0) is 16.3. The highest BCUT2D eigenvalue weighted by Crippen LogP contribution is 2.23. The van der Waals surface area contributed by atoms with Crippen molar-refractivity contribution in [2.75, 3.05) is 13.1 Å². The first-order valence-corrected chi connectivity index (χ1v) is 7.44. The SMILES string of the molecule is NC1CCN(C(=O)CCc2ncc(Cl)n2CC(F)(F)F)CC1. The Morgan fingerprint density at radius 2 is 2.05 bits per heavy atom. The molecule has 1 aliphatic heterocycles. The molecular weight excluding hydrogens is 321 g/mol. The van der Waals surface area contributed by atoms with Gasteiger partial charge in [0, 0.05) is 32.0 Å². The fourth-order valence-corrected chi connectivity index (χ4v) is 2.67. The number of nitrogens with zero attached hydrogens (tertiary/aromatic N) is 3. The molecule has 2 N–H and O–H groups in total. The quantitative estimate of drug-likeness (QED) is 0.913. The van der Waals surface area contributed by atoms with Gasteiger partial charge in [-0.25, -0.2) is 4.98 Å². The van der Waals surface area contributed by atoms with Crippen molar-refractivity contribution in [2.45, 2.75) is 44.4 Å². The number of carbonyl (C=O) groups is 1. The maximum atomic E-state index is 12.5. The number of carbonyl (C=O) groups excluding carboxylic acids is 1. The van der Waals surface area contributed by atoms with Crippen molar-refractivity contribution in [2.24, 2.45) is 5.73 Å². The molecule has 0 radical (unpaired) electrons. The van der Waals surface area contributed by atoms with Crippen LogP contribution in [0.15, 0.2) is 6.20 Å². The lowest BCUT2D eigenvalue weighted by Gasteiger charge is -2.30. The molecule has 9 heteroatoms. The van der Waals surface area contributed by atoms with Gasteiger partial charge in [-0.1, -0.05) is 11.6 Å². The average molecular weight is 339 g/mol. The zero-order valence-corrected chi connectivity index (χ0v) is 12.7. The molecule has 2 heterocycles. The molecule has 1 aromatic heterocycles. The highest BCUT2D eigenvalue weighted by atomic mass is 35.5. The van der Waals surface area contributed by atoms with Crippen LogP contribution in [0.25, 0.3) is 0 Å². The lowest BCUT2D eigenvalue weighted by molar-refractivity contribution is -0.141. The number of piperidine rings is 1. The molecule has 0 aromatic carbocycles. The van der Waals surface area contributed by atoms with Crippen molar-refractivity contribution in [3.63, 3.8) is 0 Å². The Kier molecular flexibility index (Phi) is 5.33. The molecule has 5 nitrogen and oxygen atoms in total. The van der Waals surface area contributed by atoms with Crippen LogP contribution in [-0.4, -0.2) is 45.7 Å². The summed E-state index contributed by atoms with van der Waals surface area (Å²) >= 11 is 5.72. The van der Waals surface area contributed by atoms with E-state index in [0.29, 0.717) is 13.1 Å². The van der Waals surface area contributed by atoms with Crippen molar-refractivity contribution in [3.8, 4) is 0 Å². The summed E-state index contributed by atoms with van der Waals surface area (Å²) in [5.41, 5.74) is 5.77. The number of alkyl halides is 3. The van der Waals surface area contributed by atoms with Crippen molar-refractivity contribution in [3.05, 3.63) is 17.2 Å². The second-order valence-corrected chi connectivity index (χ2v) is 5.80. The molecule has 22 heavy (non-hydrogen) atoms. The number of hydrogen-bond donors (Lipinski definition) is 1. The van der Waals surface area contributed by atoms with Gasteiger partial charge in [0.1, 0.15) is 17.5 Å². The fourth-order valence-electron chi connectivity index (χ4n) is 2.46. The number of amides is 1. The number of aryl methyl sites for hydroxylation is 1. The van der Waals surface area contributed by atoms with Gasteiger partial charge in [-0.05, 0) is 12.8 Å². The molecule has 2 rings (SSSR count). The number of nitrogens with two attached hydrogens (primary N) is 1. The van der Waals surface area contributed by atoms with Crippen LogP contribution in [0.5, 0.6) is 0 Å². The minimum absolute atomic E-state index is 0.0799. The van der Waals surface area contributed by atoms with Crippen LogP contribution in [0.4, 0.5) is 13.2 Å². The van der Waals surface area contributed by atoms with Gasteiger partial charge < -0.3 is 15.2 Å². The lowest BCUT2D eigenvalue weighted by Crippen LogP contribution is -2.43. The fraction of sp³-hybridized carbons (Fsp3) is 0.692. The second kappa shape index (κ2) is 6.87. The van der Waals surface area contributed by atoms with E-state index in [1.807, 2.05) is 0 Å². The number of halogens is 4. The summed E-state index contributed by atoms with van der Waals surface area (Å²) < 4.78 is 38.4. The van der Waals surface area contributed by atoms with Crippen LogP contribution in [0.3, 0.4) is 0 Å². The number of likely N-dealkylation sites (tertiary alicyclic amines) is 1. The summed E-state index contributed by atoms with van der Waals surface area (Å²) in [4.78, 5) is 17.6. The minimum Gasteiger partial charge on any atom is -0.343 e. The summed E-state index contributed by atoms with van der Waals surface area (Å²) in [7, 11) is 0. The molecular formula is C13H18ClF3N4O. The largest absolute Gasteiger partial charge is 0.406 e. The molecule has 1 saturated heterocycles. The maximum absolute atomic E-state index is 12.5. The lowest BCUT2D eigenvalue weighted by atomic mass is 10.1. The van der Waals surface area contributed by atoms with Crippen LogP contribution < -0.4 is 5.73 Å². The van der Waals surface area contributed by atoms with Gasteiger partial charge in [0.15, 0.2) is 0 Å². The third kappa shape index (κ3) is 4.61. The topological polar surface area (TPSA) is 64.2 Å². The van der Waals surface area contributed by atoms with E-state index in [4.69, 9.17) is 17.3 Å². The first-order chi connectivity index (χ1) is 10.3. The second-order valence-electron chi connectivity index (χ2n) is 5.42. The predicted octanol–water partition coefficient (Wildman–Crippen LogP) is 1.98. The summed E-state index contributed by atoms with van der Waals surface area (Å²) in [6.07, 6.45) is -1.47. The zero-order valence-electron chi connectivity index (χ0n) is 11.9. The van der Waals surface area contributed by atoms with Gasteiger partial charge in [-0.2, -0.15) is 13.2 Å². The van der Waals surface area contributed by atoms with E-state index in [2.05, 4.69) is 4.98 Å². The molecule has 0 saturated carbocycles. The van der Waals surface area contributed by atoms with E-state index in [1.54, 1.807) is 4.90 Å². The number of aromatic nitrogens is 2. The Morgan fingerprint density at radius 1 is 1.41 bits per heavy atom. The highest BCUT2D eigenvalue weighted by Gasteiger charge is 2.30. The molecule has 124 valence electrons. The Morgan fingerprint density at radius 3 is 2.64 bits per heavy atom. The first kappa shape index (κ1) is 17.1. The molecule has 1 aromatic rings. The van der Waals surface area contributed by atoms with Gasteiger partial charge in [0.05, 0.1) is 6.20 Å². The molecule has 1 amide bonds. The summed E-state index contributed by atoms with van der Waals surface area (Å²) in [6, 6.07) is 0.119. The number of imidazole rings is 1. The minimum atomic E-state index is -4.38. The maximum Gasteiger partial charge on any atom is 0.406 e. The Hall–Kier alpha value is -1.28. The van der Waals surface area contributed by atoms with Gasteiger partial charge in [0.25, 0.3) is 0 Å². The molecule has 0 unspecified atom stereocenters. The smallest absolute Gasteiger partial charge is 0.343 e. The van der Waals surface area contributed by atoms with Crippen molar-refractivity contribution < 1.29 is 18.0 Å². The molecule has 0 bridgehead atoms. The Balaban J connectivity index is 1.93. The van der Waals surface area contributed by atoms with Gasteiger partial charge in [0.2, 0.25) is 5.91 Å². The third-order valence-electron chi connectivity index (χ3n) is 3.68. The average Bonchev–Trinajstić information content (AvgIpc) is 2.76. The predicted molar refractivity (Wildman–Crippen MR) is 75.4 cm³/mol. The third-order valence-corrected chi connectivity index (χ3v) is 3.98. The van der Waals surface area contributed by atoms with Crippen LogP contribution in [-0.2, 0) is 17.8 Å². The van der Waals surface area contributed by atoms with Gasteiger partial charge >= 0.3 is 6.18 Å². The molecule has 1 aliphatic rings. The van der Waals surface area contributed by atoms with Gasteiger partial charge in [-0.3, -0.25) is 4.79 Å². The Bertz CT molecular complexity index is 524. The molecule has 0 atom stereocenters. The van der Waals surface area contributed by atoms with E-state index in [9.17, 15) is 18.0 Å². The standard InChI is InChI=1S/C13H18ClF3N4O/c14-10-7-19-11(21(10)8-13(15,16)17)1-2-12(22)20-5-3-9(18)4-6-20/h7,9H,1-6,8,18H2. The van der Waals surface area contributed by atoms with Crippen molar-refractivity contribution in [1.82, 2.24) is 14.5 Å². The number of rotatable bonds is 4. The van der Waals surface area contributed by atoms with E-state index in [1.165, 1.54) is 6.20 Å². The van der Waals surface area contributed by atoms with Crippen LogP contribution in [0.2, 0.25) is 5.15 Å². The van der Waals surface area contributed by atoms with E-state index < -0.39 is 12.7 Å². The highest BCUT2D eigenvalue weighted by molar-refractivity contribution is 6.29. The Labute approximate surface area is 131 Å². The van der Waals surface area contributed by atoms with Crippen molar-refractivity contribution in [1.29, 1.82) is 0 Å². The van der Waals surface area contributed by atoms with Crippen LogP contribution in [0, 0.1) is 0 Å². The van der Waals surface area contributed by atoms with Crippen LogP contribution in [0.1, 0.15) is 25.1 Å². The van der Waals surface area contributed by atoms with Crippen molar-refractivity contribution >= 4 is 17.5 Å². The normalized spacial score (nSPS) is 17.0. The monoisotopic (exact) mass is 338 g/mol. The summed E-state index contributed by atoms with van der Waals surface area (Å²) in [5.74, 6) is 0.0777. The molecule has 0 aliphatic carbocycles.